The van der Waals surface area contributed by atoms with E-state index in [1.54, 1.807) is 6.33 Å². The van der Waals surface area contributed by atoms with Crippen LogP contribution in [0.25, 0.3) is 28.2 Å². The molecule has 0 fully saturated rings. The fourth-order valence-electron chi connectivity index (χ4n) is 4.69. The number of aromatic nitrogens is 5. The molecule has 1 N–H and O–H groups in total. The first-order valence-corrected chi connectivity index (χ1v) is 12.7. The standard InChI is InChI=1S/C28H37N7O/c1-8-34(9-2)16-24(36)33(7)20(6)21-10-12-22(13-11-21)26-25(18(3)4)27(32-31-26)23-14-19(5)28-29-17-30-35(28)15-23/h10-15,17-18,20H,8-9,16H2,1-7H3,(H,31,32)/t20-/m0/s1. The monoisotopic (exact) mass is 487 g/mol. The summed E-state index contributed by atoms with van der Waals surface area (Å²) < 4.78 is 1.81. The molecule has 0 saturated carbocycles. The van der Waals surface area contributed by atoms with Crippen LogP contribution in [0.3, 0.4) is 0 Å². The smallest absolute Gasteiger partial charge is 0.236 e. The molecule has 8 heteroatoms. The van der Waals surface area contributed by atoms with Crippen molar-refractivity contribution in [3.05, 3.63) is 59.5 Å². The van der Waals surface area contributed by atoms with Crippen LogP contribution in [0.15, 0.2) is 42.9 Å². The minimum atomic E-state index is -0.0150. The van der Waals surface area contributed by atoms with Gasteiger partial charge >= 0.3 is 0 Å². The number of carbonyl (C=O) groups excluding carboxylic acids is 1. The highest BCUT2D eigenvalue weighted by molar-refractivity contribution is 5.79. The van der Waals surface area contributed by atoms with Gasteiger partial charge in [-0.3, -0.25) is 14.8 Å². The van der Waals surface area contributed by atoms with Crippen LogP contribution in [0.2, 0.25) is 0 Å². The molecule has 0 aliphatic heterocycles. The largest absolute Gasteiger partial charge is 0.338 e. The number of pyridine rings is 1. The van der Waals surface area contributed by atoms with Gasteiger partial charge in [0.2, 0.25) is 5.91 Å². The first-order valence-electron chi connectivity index (χ1n) is 12.7. The third-order valence-corrected chi connectivity index (χ3v) is 7.12. The number of rotatable bonds is 9. The van der Waals surface area contributed by atoms with E-state index in [9.17, 15) is 4.79 Å². The second kappa shape index (κ2) is 10.6. The van der Waals surface area contributed by atoms with Gasteiger partial charge in [-0.05, 0) is 50.0 Å². The number of aromatic amines is 1. The van der Waals surface area contributed by atoms with Gasteiger partial charge in [-0.2, -0.15) is 10.2 Å². The van der Waals surface area contributed by atoms with E-state index in [4.69, 9.17) is 5.10 Å². The van der Waals surface area contributed by atoms with Gasteiger partial charge in [0.1, 0.15) is 6.33 Å². The third-order valence-electron chi connectivity index (χ3n) is 7.12. The van der Waals surface area contributed by atoms with Crippen LogP contribution < -0.4 is 0 Å². The molecule has 36 heavy (non-hydrogen) atoms. The lowest BCUT2D eigenvalue weighted by molar-refractivity contribution is -0.133. The molecule has 0 unspecified atom stereocenters. The maximum absolute atomic E-state index is 12.8. The maximum atomic E-state index is 12.8. The number of hydrogen-bond donors (Lipinski definition) is 1. The molecule has 0 bridgehead atoms. The van der Waals surface area contributed by atoms with Crippen LogP contribution >= 0.6 is 0 Å². The zero-order valence-electron chi connectivity index (χ0n) is 22.4. The Bertz CT molecular complexity index is 1330. The van der Waals surface area contributed by atoms with Crippen LogP contribution in [-0.4, -0.2) is 67.2 Å². The van der Waals surface area contributed by atoms with E-state index in [-0.39, 0.29) is 17.9 Å². The number of amides is 1. The van der Waals surface area contributed by atoms with E-state index in [0.29, 0.717) is 6.54 Å². The highest BCUT2D eigenvalue weighted by Gasteiger charge is 2.22. The van der Waals surface area contributed by atoms with Crippen molar-refractivity contribution >= 4 is 11.6 Å². The van der Waals surface area contributed by atoms with Crippen molar-refractivity contribution in [2.45, 2.75) is 53.5 Å². The van der Waals surface area contributed by atoms with E-state index in [1.807, 2.05) is 29.6 Å². The summed E-state index contributed by atoms with van der Waals surface area (Å²) in [5, 5.41) is 12.3. The molecule has 1 amide bonds. The number of likely N-dealkylation sites (N-methyl/N-ethyl adjacent to an activating group) is 2. The van der Waals surface area contributed by atoms with E-state index in [1.165, 1.54) is 5.56 Å². The fraction of sp³-hybridized carbons (Fsp3) is 0.429. The zero-order valence-corrected chi connectivity index (χ0v) is 22.4. The summed E-state index contributed by atoms with van der Waals surface area (Å²) in [5.74, 6) is 0.400. The third kappa shape index (κ3) is 4.91. The Hall–Kier alpha value is -3.52. The molecular formula is C28H37N7O. The van der Waals surface area contributed by atoms with Crippen molar-refractivity contribution in [3.8, 4) is 22.5 Å². The number of benzene rings is 1. The number of hydrogen-bond acceptors (Lipinski definition) is 5. The number of carbonyl (C=O) groups is 1. The van der Waals surface area contributed by atoms with E-state index >= 15 is 0 Å². The average molecular weight is 488 g/mol. The molecule has 0 aliphatic carbocycles. The Balaban J connectivity index is 1.61. The molecule has 0 saturated heterocycles. The van der Waals surface area contributed by atoms with Crippen LogP contribution in [0.1, 0.15) is 63.3 Å². The van der Waals surface area contributed by atoms with Crippen LogP contribution in [0.5, 0.6) is 0 Å². The molecule has 0 radical (unpaired) electrons. The highest BCUT2D eigenvalue weighted by atomic mass is 16.2. The predicted octanol–water partition coefficient (Wildman–Crippen LogP) is 5.08. The number of nitrogens with one attached hydrogen (secondary N) is 1. The van der Waals surface area contributed by atoms with Gasteiger partial charge in [-0.1, -0.05) is 52.0 Å². The highest BCUT2D eigenvalue weighted by Crippen LogP contribution is 2.36. The van der Waals surface area contributed by atoms with Crippen molar-refractivity contribution in [1.82, 2.24) is 34.6 Å². The number of H-pyrrole nitrogens is 1. The van der Waals surface area contributed by atoms with Crippen molar-refractivity contribution in [1.29, 1.82) is 0 Å². The summed E-state index contributed by atoms with van der Waals surface area (Å²) in [7, 11) is 1.88. The van der Waals surface area contributed by atoms with Gasteiger partial charge in [-0.25, -0.2) is 9.50 Å². The average Bonchev–Trinajstić information content (AvgIpc) is 3.54. The predicted molar refractivity (Wildman–Crippen MR) is 144 cm³/mol. The Morgan fingerprint density at radius 1 is 1.08 bits per heavy atom. The summed E-state index contributed by atoms with van der Waals surface area (Å²) in [6.07, 6.45) is 3.57. The lowest BCUT2D eigenvalue weighted by Crippen LogP contribution is -2.39. The molecule has 4 aromatic rings. The lowest BCUT2D eigenvalue weighted by Gasteiger charge is -2.28. The van der Waals surface area contributed by atoms with Crippen LogP contribution in [0, 0.1) is 6.92 Å². The Labute approximate surface area is 213 Å². The summed E-state index contributed by atoms with van der Waals surface area (Å²) in [6, 6.07) is 10.5. The Morgan fingerprint density at radius 2 is 1.78 bits per heavy atom. The van der Waals surface area contributed by atoms with Crippen LogP contribution in [-0.2, 0) is 4.79 Å². The minimum Gasteiger partial charge on any atom is -0.338 e. The van der Waals surface area contributed by atoms with Crippen molar-refractivity contribution < 1.29 is 4.79 Å². The molecule has 0 aliphatic rings. The second-order valence-corrected chi connectivity index (χ2v) is 9.72. The summed E-state index contributed by atoms with van der Waals surface area (Å²) in [4.78, 5) is 21.1. The van der Waals surface area contributed by atoms with Gasteiger partial charge < -0.3 is 4.90 Å². The van der Waals surface area contributed by atoms with Gasteiger partial charge in [0.05, 0.1) is 24.0 Å². The van der Waals surface area contributed by atoms with Gasteiger partial charge in [0, 0.05) is 29.9 Å². The molecule has 8 nitrogen and oxygen atoms in total. The molecule has 3 aromatic heterocycles. The molecule has 190 valence electrons. The molecule has 3 heterocycles. The first kappa shape index (κ1) is 25.6. The Morgan fingerprint density at radius 3 is 2.42 bits per heavy atom. The fourth-order valence-corrected chi connectivity index (χ4v) is 4.69. The van der Waals surface area contributed by atoms with Crippen molar-refractivity contribution in [3.63, 3.8) is 0 Å². The molecule has 1 aromatic carbocycles. The minimum absolute atomic E-state index is 0.0150. The normalized spacial score (nSPS) is 12.6. The second-order valence-electron chi connectivity index (χ2n) is 9.72. The number of fused-ring (bicyclic) bond motifs is 1. The molecule has 1 atom stereocenters. The van der Waals surface area contributed by atoms with Gasteiger partial charge in [-0.15, -0.1) is 0 Å². The number of aryl methyl sites for hydroxylation is 1. The zero-order chi connectivity index (χ0) is 26.0. The summed E-state index contributed by atoms with van der Waals surface area (Å²) in [5.41, 5.74) is 8.22. The van der Waals surface area contributed by atoms with Crippen LogP contribution in [0.4, 0.5) is 0 Å². The van der Waals surface area contributed by atoms with Gasteiger partial charge in [0.25, 0.3) is 0 Å². The van der Waals surface area contributed by atoms with Gasteiger partial charge in [0.15, 0.2) is 5.65 Å². The maximum Gasteiger partial charge on any atom is 0.236 e. The van der Waals surface area contributed by atoms with Crippen molar-refractivity contribution in [2.24, 2.45) is 0 Å². The quantitative estimate of drug-likeness (QED) is 0.356. The van der Waals surface area contributed by atoms with E-state index in [0.717, 1.165) is 52.4 Å². The first-order chi connectivity index (χ1) is 17.2. The molecule has 4 rings (SSSR count). The lowest BCUT2D eigenvalue weighted by atomic mass is 9.93. The Kier molecular flexibility index (Phi) is 7.54. The molecule has 0 spiro atoms. The SMILES string of the molecule is CCN(CC)CC(=O)N(C)[C@@H](C)c1ccc(-c2n[nH]c(-c3cc(C)c4ncnn4c3)c2C(C)C)cc1. The summed E-state index contributed by atoms with van der Waals surface area (Å²) in [6.45, 7) is 14.8. The summed E-state index contributed by atoms with van der Waals surface area (Å²) >= 11 is 0. The van der Waals surface area contributed by atoms with Crippen molar-refractivity contribution in [2.75, 3.05) is 26.7 Å². The van der Waals surface area contributed by atoms with E-state index in [2.05, 4.69) is 85.0 Å². The molecular weight excluding hydrogens is 450 g/mol. The van der Waals surface area contributed by atoms with E-state index < -0.39 is 0 Å². The topological polar surface area (TPSA) is 82.4 Å². The number of nitrogens with zero attached hydrogens (tertiary/aromatic N) is 6.